The Morgan fingerprint density at radius 2 is 2.06 bits per heavy atom. The monoisotopic (exact) mass is 238 g/mol. The largest absolute Gasteiger partial charge is 0.338 e. The van der Waals surface area contributed by atoms with Crippen molar-refractivity contribution in [1.29, 1.82) is 0 Å². The molecule has 2 fully saturated rings. The maximum absolute atomic E-state index is 12.3. The van der Waals surface area contributed by atoms with Gasteiger partial charge in [-0.15, -0.1) is 0 Å². The Kier molecular flexibility index (Phi) is 4.08. The van der Waals surface area contributed by atoms with E-state index in [2.05, 4.69) is 11.8 Å². The molecule has 4 unspecified atom stereocenters. The second kappa shape index (κ2) is 5.38. The number of nitrogens with zero attached hydrogens (tertiary/aromatic N) is 1. The highest BCUT2D eigenvalue weighted by molar-refractivity contribution is 5.82. The Morgan fingerprint density at radius 3 is 2.76 bits per heavy atom. The Bertz CT molecular complexity index is 279. The molecule has 0 radical (unpaired) electrons. The Morgan fingerprint density at radius 1 is 1.35 bits per heavy atom. The van der Waals surface area contributed by atoms with Crippen molar-refractivity contribution in [2.24, 2.45) is 17.6 Å². The van der Waals surface area contributed by atoms with Crippen LogP contribution in [-0.2, 0) is 4.79 Å². The fraction of sp³-hybridized carbons (Fsp3) is 0.929. The van der Waals surface area contributed by atoms with E-state index in [-0.39, 0.29) is 11.9 Å². The molecular formula is C14H26N2O. The van der Waals surface area contributed by atoms with Crippen LogP contribution in [0, 0.1) is 11.8 Å². The van der Waals surface area contributed by atoms with Crippen molar-refractivity contribution in [3.63, 3.8) is 0 Å². The van der Waals surface area contributed by atoms with Gasteiger partial charge in [0.25, 0.3) is 0 Å². The molecule has 0 bridgehead atoms. The molecule has 2 N–H and O–H groups in total. The summed E-state index contributed by atoms with van der Waals surface area (Å²) in [6.45, 7) is 5.27. The summed E-state index contributed by atoms with van der Waals surface area (Å²) in [7, 11) is 0. The Hall–Kier alpha value is -0.570. The summed E-state index contributed by atoms with van der Waals surface area (Å²) in [6, 6.07) is 0.198. The number of carbonyl (C=O) groups excluding carboxylic acids is 1. The minimum Gasteiger partial charge on any atom is -0.338 e. The minimum atomic E-state index is -0.286. The molecule has 1 heterocycles. The fourth-order valence-corrected chi connectivity index (χ4v) is 3.57. The predicted molar refractivity (Wildman–Crippen MR) is 69.5 cm³/mol. The van der Waals surface area contributed by atoms with Crippen LogP contribution in [-0.4, -0.2) is 29.4 Å². The number of amides is 1. The molecule has 98 valence electrons. The number of piperidine rings is 1. The predicted octanol–water partition coefficient (Wildman–Crippen LogP) is 2.15. The number of likely N-dealkylation sites (tertiary alicyclic amines) is 1. The molecular weight excluding hydrogens is 212 g/mol. The van der Waals surface area contributed by atoms with Crippen LogP contribution in [0.1, 0.15) is 52.4 Å². The molecule has 0 aromatic rings. The number of fused-ring (bicyclic) bond motifs is 1. The third-order valence-electron chi connectivity index (χ3n) is 4.78. The minimum absolute atomic E-state index is 0.191. The highest BCUT2D eigenvalue weighted by Gasteiger charge is 2.40. The molecule has 1 aliphatic carbocycles. The van der Waals surface area contributed by atoms with Gasteiger partial charge in [-0.1, -0.05) is 26.7 Å². The first-order valence-electron chi connectivity index (χ1n) is 7.21. The highest BCUT2D eigenvalue weighted by atomic mass is 16.2. The van der Waals surface area contributed by atoms with E-state index in [0.29, 0.717) is 6.04 Å². The van der Waals surface area contributed by atoms with Crippen LogP contribution in [0.15, 0.2) is 0 Å². The second-order valence-corrected chi connectivity index (χ2v) is 5.83. The lowest BCUT2D eigenvalue weighted by Gasteiger charge is -2.48. The van der Waals surface area contributed by atoms with E-state index >= 15 is 0 Å². The van der Waals surface area contributed by atoms with Crippen LogP contribution in [0.25, 0.3) is 0 Å². The first-order chi connectivity index (χ1) is 8.15. The van der Waals surface area contributed by atoms with E-state index in [1.165, 1.54) is 25.7 Å². The maximum atomic E-state index is 12.3. The van der Waals surface area contributed by atoms with Gasteiger partial charge in [0.2, 0.25) is 5.91 Å². The number of carbonyl (C=O) groups is 1. The van der Waals surface area contributed by atoms with E-state index in [1.807, 2.05) is 6.92 Å². The molecule has 1 saturated carbocycles. The SMILES string of the molecule is CCC(N)C(=O)N1CCC(C)C2CCCCC21. The summed E-state index contributed by atoms with van der Waals surface area (Å²) in [5.41, 5.74) is 5.91. The van der Waals surface area contributed by atoms with Gasteiger partial charge >= 0.3 is 0 Å². The lowest BCUT2D eigenvalue weighted by atomic mass is 9.72. The molecule has 1 amide bonds. The maximum Gasteiger partial charge on any atom is 0.239 e. The van der Waals surface area contributed by atoms with Crippen molar-refractivity contribution in [3.8, 4) is 0 Å². The average Bonchev–Trinajstić information content (AvgIpc) is 2.38. The van der Waals surface area contributed by atoms with Crippen molar-refractivity contribution in [1.82, 2.24) is 4.90 Å². The van der Waals surface area contributed by atoms with E-state index < -0.39 is 0 Å². The van der Waals surface area contributed by atoms with Crippen molar-refractivity contribution in [2.45, 2.75) is 64.5 Å². The molecule has 0 aromatic heterocycles. The fourth-order valence-electron chi connectivity index (χ4n) is 3.57. The first kappa shape index (κ1) is 12.9. The van der Waals surface area contributed by atoms with Crippen molar-refractivity contribution in [2.75, 3.05) is 6.54 Å². The van der Waals surface area contributed by atoms with Crippen LogP contribution in [0.4, 0.5) is 0 Å². The van der Waals surface area contributed by atoms with Crippen molar-refractivity contribution >= 4 is 5.91 Å². The van der Waals surface area contributed by atoms with Gasteiger partial charge in [0.05, 0.1) is 6.04 Å². The molecule has 3 heteroatoms. The van der Waals surface area contributed by atoms with Gasteiger partial charge in [-0.25, -0.2) is 0 Å². The standard InChI is InChI=1S/C14H26N2O/c1-3-12(15)14(17)16-9-8-10(2)11-6-4-5-7-13(11)16/h10-13H,3-9,15H2,1-2H3. The van der Waals surface area contributed by atoms with E-state index in [4.69, 9.17) is 5.73 Å². The first-order valence-corrected chi connectivity index (χ1v) is 7.21. The van der Waals surface area contributed by atoms with Crippen LogP contribution in [0.5, 0.6) is 0 Å². The van der Waals surface area contributed by atoms with Crippen LogP contribution in [0.2, 0.25) is 0 Å². The Balaban J connectivity index is 2.09. The Labute approximate surface area is 105 Å². The number of rotatable bonds is 2. The lowest BCUT2D eigenvalue weighted by molar-refractivity contribution is -0.140. The molecule has 2 rings (SSSR count). The molecule has 17 heavy (non-hydrogen) atoms. The highest BCUT2D eigenvalue weighted by Crippen LogP contribution is 2.38. The zero-order valence-corrected chi connectivity index (χ0v) is 11.2. The van der Waals surface area contributed by atoms with Crippen LogP contribution in [0.3, 0.4) is 0 Å². The molecule has 2 aliphatic rings. The smallest absolute Gasteiger partial charge is 0.239 e. The quantitative estimate of drug-likeness (QED) is 0.801. The van der Waals surface area contributed by atoms with Crippen LogP contribution < -0.4 is 5.73 Å². The molecule has 0 spiro atoms. The average molecular weight is 238 g/mol. The van der Waals surface area contributed by atoms with E-state index in [0.717, 1.165) is 31.2 Å². The van der Waals surface area contributed by atoms with Gasteiger partial charge in [0.15, 0.2) is 0 Å². The van der Waals surface area contributed by atoms with Gasteiger partial charge in [-0.05, 0) is 37.5 Å². The summed E-state index contributed by atoms with van der Waals surface area (Å²) < 4.78 is 0. The summed E-state index contributed by atoms with van der Waals surface area (Å²) >= 11 is 0. The second-order valence-electron chi connectivity index (χ2n) is 5.83. The van der Waals surface area contributed by atoms with E-state index in [1.54, 1.807) is 0 Å². The molecule has 1 saturated heterocycles. The summed E-state index contributed by atoms with van der Waals surface area (Å²) in [6.07, 6.45) is 7.02. The van der Waals surface area contributed by atoms with Crippen molar-refractivity contribution < 1.29 is 4.79 Å². The number of hydrogen-bond donors (Lipinski definition) is 1. The van der Waals surface area contributed by atoms with Gasteiger partial charge in [0, 0.05) is 12.6 Å². The molecule has 0 aromatic carbocycles. The molecule has 1 aliphatic heterocycles. The van der Waals surface area contributed by atoms with Crippen molar-refractivity contribution in [3.05, 3.63) is 0 Å². The topological polar surface area (TPSA) is 46.3 Å². The number of nitrogens with two attached hydrogens (primary N) is 1. The van der Waals surface area contributed by atoms with Crippen LogP contribution >= 0.6 is 0 Å². The third kappa shape index (κ3) is 2.49. The van der Waals surface area contributed by atoms with Gasteiger partial charge < -0.3 is 10.6 Å². The summed E-state index contributed by atoms with van der Waals surface area (Å²) in [5, 5.41) is 0. The zero-order valence-electron chi connectivity index (χ0n) is 11.2. The lowest BCUT2D eigenvalue weighted by Crippen LogP contribution is -2.56. The number of hydrogen-bond acceptors (Lipinski definition) is 2. The summed E-state index contributed by atoms with van der Waals surface area (Å²) in [4.78, 5) is 14.4. The summed E-state index contributed by atoms with van der Waals surface area (Å²) in [5.74, 6) is 1.70. The van der Waals surface area contributed by atoms with Gasteiger partial charge in [0.1, 0.15) is 0 Å². The normalized spacial score (nSPS) is 35.2. The third-order valence-corrected chi connectivity index (χ3v) is 4.78. The van der Waals surface area contributed by atoms with E-state index in [9.17, 15) is 4.79 Å². The molecule has 4 atom stereocenters. The zero-order chi connectivity index (χ0) is 12.4. The van der Waals surface area contributed by atoms with Gasteiger partial charge in [-0.3, -0.25) is 4.79 Å². The van der Waals surface area contributed by atoms with Gasteiger partial charge in [-0.2, -0.15) is 0 Å². The molecule has 3 nitrogen and oxygen atoms in total.